The van der Waals surface area contributed by atoms with Crippen LogP contribution in [0.25, 0.3) is 0 Å². The highest BCUT2D eigenvalue weighted by atomic mass is 16.5. The molecule has 0 aliphatic carbocycles. The van der Waals surface area contributed by atoms with E-state index in [1.54, 1.807) is 13.0 Å². The average molecular weight is 261 g/mol. The molecule has 0 radical (unpaired) electrons. The third-order valence-corrected chi connectivity index (χ3v) is 2.51. The number of aromatic nitrogens is 2. The maximum Gasteiger partial charge on any atom is 0.240 e. The molecule has 19 heavy (non-hydrogen) atoms. The second kappa shape index (κ2) is 5.96. The van der Waals surface area contributed by atoms with Gasteiger partial charge in [-0.1, -0.05) is 28.5 Å². The third-order valence-electron chi connectivity index (χ3n) is 2.51. The number of oxime groups is 1. The van der Waals surface area contributed by atoms with Crippen molar-refractivity contribution in [1.29, 1.82) is 0 Å². The van der Waals surface area contributed by atoms with Crippen molar-refractivity contribution in [3.8, 4) is 0 Å². The molecule has 0 unspecified atom stereocenters. The Morgan fingerprint density at radius 1 is 1.47 bits per heavy atom. The van der Waals surface area contributed by atoms with Gasteiger partial charge in [-0.25, -0.2) is 0 Å². The van der Waals surface area contributed by atoms with Crippen molar-refractivity contribution >= 4 is 5.84 Å². The van der Waals surface area contributed by atoms with Crippen molar-refractivity contribution in [2.75, 3.05) is 0 Å². The first-order valence-electron chi connectivity index (χ1n) is 5.76. The highest BCUT2D eigenvalue weighted by Gasteiger charge is 2.03. The van der Waals surface area contributed by atoms with Gasteiger partial charge >= 0.3 is 0 Å². The van der Waals surface area contributed by atoms with Crippen LogP contribution in [0.5, 0.6) is 0 Å². The zero-order valence-electron chi connectivity index (χ0n) is 10.5. The summed E-state index contributed by atoms with van der Waals surface area (Å²) in [5.74, 6) is 1.25. The molecule has 0 saturated heterocycles. The molecule has 0 fully saturated rings. The highest BCUT2D eigenvalue weighted by molar-refractivity contribution is 5.97. The van der Waals surface area contributed by atoms with Gasteiger partial charge < -0.3 is 20.8 Å². The maximum atomic E-state index is 8.63. The minimum absolute atomic E-state index is 0.0920. The Morgan fingerprint density at radius 3 is 3.00 bits per heavy atom. The van der Waals surface area contributed by atoms with Gasteiger partial charge in [-0.2, -0.15) is 4.98 Å². The molecule has 2 rings (SSSR count). The van der Waals surface area contributed by atoms with Gasteiger partial charge in [0.2, 0.25) is 5.89 Å². The van der Waals surface area contributed by atoms with Gasteiger partial charge in [0.1, 0.15) is 0 Å². The lowest BCUT2D eigenvalue weighted by Gasteiger charge is -2.04. The van der Waals surface area contributed by atoms with E-state index < -0.39 is 0 Å². The smallest absolute Gasteiger partial charge is 0.240 e. The molecular weight excluding hydrogens is 246 g/mol. The SMILES string of the molecule is Cc1noc(CNCc2cccc(C(N)=NO)c2)n1. The van der Waals surface area contributed by atoms with Gasteiger partial charge in [0.05, 0.1) is 6.54 Å². The van der Waals surface area contributed by atoms with Gasteiger partial charge in [-0.3, -0.25) is 0 Å². The molecule has 0 atom stereocenters. The minimum atomic E-state index is 0.0920. The quantitative estimate of drug-likeness (QED) is 0.317. The molecule has 1 heterocycles. The largest absolute Gasteiger partial charge is 0.409 e. The topological polar surface area (TPSA) is 110 Å². The maximum absolute atomic E-state index is 8.63. The average Bonchev–Trinajstić information content (AvgIpc) is 2.84. The molecule has 0 saturated carbocycles. The van der Waals surface area contributed by atoms with Crippen molar-refractivity contribution in [3.63, 3.8) is 0 Å². The molecule has 100 valence electrons. The Labute approximate surface area is 110 Å². The van der Waals surface area contributed by atoms with Crippen molar-refractivity contribution in [2.45, 2.75) is 20.0 Å². The summed E-state index contributed by atoms with van der Waals surface area (Å²) >= 11 is 0. The van der Waals surface area contributed by atoms with Crippen molar-refractivity contribution < 1.29 is 9.73 Å². The lowest BCUT2D eigenvalue weighted by molar-refractivity contribution is 0.318. The molecule has 1 aromatic heterocycles. The number of benzene rings is 1. The molecule has 7 heteroatoms. The number of amidine groups is 1. The normalized spacial score (nSPS) is 11.7. The number of nitrogens with one attached hydrogen (secondary N) is 1. The first-order valence-corrected chi connectivity index (χ1v) is 5.76. The van der Waals surface area contributed by atoms with Gasteiger partial charge in [0.15, 0.2) is 11.7 Å². The predicted octanol–water partition coefficient (Wildman–Crippen LogP) is 0.762. The van der Waals surface area contributed by atoms with Gasteiger partial charge in [-0.15, -0.1) is 0 Å². The number of rotatable bonds is 5. The molecule has 0 aliphatic rings. The summed E-state index contributed by atoms with van der Waals surface area (Å²) in [4.78, 5) is 4.09. The summed E-state index contributed by atoms with van der Waals surface area (Å²) in [5, 5.41) is 18.5. The van der Waals surface area contributed by atoms with Crippen molar-refractivity contribution in [3.05, 3.63) is 47.1 Å². The zero-order chi connectivity index (χ0) is 13.7. The fraction of sp³-hybridized carbons (Fsp3) is 0.250. The number of aryl methyl sites for hydroxylation is 1. The van der Waals surface area contributed by atoms with Crippen molar-refractivity contribution in [2.24, 2.45) is 10.9 Å². The Balaban J connectivity index is 1.92. The zero-order valence-corrected chi connectivity index (χ0v) is 10.5. The van der Waals surface area contributed by atoms with E-state index in [4.69, 9.17) is 15.5 Å². The molecule has 0 amide bonds. The van der Waals surface area contributed by atoms with E-state index in [-0.39, 0.29) is 5.84 Å². The van der Waals surface area contributed by atoms with Crippen LogP contribution in [0.4, 0.5) is 0 Å². The van der Waals surface area contributed by atoms with E-state index in [9.17, 15) is 0 Å². The lowest BCUT2D eigenvalue weighted by Crippen LogP contribution is -2.16. The number of hydrogen-bond acceptors (Lipinski definition) is 6. The van der Waals surface area contributed by atoms with Gasteiger partial charge in [0.25, 0.3) is 0 Å². The van der Waals surface area contributed by atoms with Crippen LogP contribution >= 0.6 is 0 Å². The van der Waals surface area contributed by atoms with Crippen LogP contribution in [0.3, 0.4) is 0 Å². The molecule has 0 aliphatic heterocycles. The monoisotopic (exact) mass is 261 g/mol. The van der Waals surface area contributed by atoms with E-state index in [0.29, 0.717) is 30.4 Å². The Hall–Kier alpha value is -2.41. The molecule has 1 aromatic carbocycles. The first kappa shape index (κ1) is 13.0. The fourth-order valence-electron chi connectivity index (χ4n) is 1.62. The Kier molecular flexibility index (Phi) is 4.09. The Bertz CT molecular complexity index is 579. The van der Waals surface area contributed by atoms with Gasteiger partial charge in [-0.05, 0) is 18.6 Å². The third kappa shape index (κ3) is 3.52. The summed E-state index contributed by atoms with van der Waals surface area (Å²) in [6.45, 7) is 2.89. The second-order valence-electron chi connectivity index (χ2n) is 4.02. The predicted molar refractivity (Wildman–Crippen MR) is 68.5 cm³/mol. The molecule has 0 bridgehead atoms. The van der Waals surface area contributed by atoms with E-state index in [1.807, 2.05) is 18.2 Å². The summed E-state index contributed by atoms with van der Waals surface area (Å²) in [5.41, 5.74) is 7.22. The van der Waals surface area contributed by atoms with E-state index in [2.05, 4.69) is 20.6 Å². The lowest BCUT2D eigenvalue weighted by atomic mass is 10.1. The highest BCUT2D eigenvalue weighted by Crippen LogP contribution is 2.05. The van der Waals surface area contributed by atoms with Crippen LogP contribution in [-0.2, 0) is 13.1 Å². The van der Waals surface area contributed by atoms with E-state index >= 15 is 0 Å². The second-order valence-corrected chi connectivity index (χ2v) is 4.02. The molecule has 2 aromatic rings. The molecule has 0 spiro atoms. The standard InChI is InChI=1S/C12H15N5O2/c1-8-15-11(19-17-8)7-14-6-9-3-2-4-10(5-9)12(13)16-18/h2-5,14,18H,6-7H2,1H3,(H2,13,16). The van der Waals surface area contributed by atoms with Gasteiger partial charge in [0, 0.05) is 12.1 Å². The molecular formula is C12H15N5O2. The molecule has 7 nitrogen and oxygen atoms in total. The van der Waals surface area contributed by atoms with Crippen LogP contribution in [0.15, 0.2) is 33.9 Å². The summed E-state index contributed by atoms with van der Waals surface area (Å²) in [6.07, 6.45) is 0. The van der Waals surface area contributed by atoms with E-state index in [0.717, 1.165) is 5.56 Å². The molecule has 4 N–H and O–H groups in total. The summed E-state index contributed by atoms with van der Waals surface area (Å²) < 4.78 is 4.99. The summed E-state index contributed by atoms with van der Waals surface area (Å²) in [7, 11) is 0. The fourth-order valence-corrected chi connectivity index (χ4v) is 1.62. The number of hydrogen-bond donors (Lipinski definition) is 3. The minimum Gasteiger partial charge on any atom is -0.409 e. The number of nitrogens with zero attached hydrogens (tertiary/aromatic N) is 3. The van der Waals surface area contributed by atoms with Crippen molar-refractivity contribution in [1.82, 2.24) is 15.5 Å². The van der Waals surface area contributed by atoms with Crippen LogP contribution in [0.2, 0.25) is 0 Å². The number of nitrogens with two attached hydrogens (primary N) is 1. The van der Waals surface area contributed by atoms with Crippen LogP contribution < -0.4 is 11.1 Å². The Morgan fingerprint density at radius 2 is 2.32 bits per heavy atom. The van der Waals surface area contributed by atoms with Crippen LogP contribution in [0.1, 0.15) is 22.8 Å². The summed E-state index contributed by atoms with van der Waals surface area (Å²) in [6, 6.07) is 7.42. The van der Waals surface area contributed by atoms with Crippen LogP contribution in [0, 0.1) is 6.92 Å². The van der Waals surface area contributed by atoms with Crippen LogP contribution in [-0.4, -0.2) is 21.2 Å². The van der Waals surface area contributed by atoms with E-state index in [1.165, 1.54) is 0 Å². The first-order chi connectivity index (χ1) is 9.19.